The highest BCUT2D eigenvalue weighted by Crippen LogP contribution is 2.38. The van der Waals surface area contributed by atoms with Crippen molar-refractivity contribution in [3.8, 4) is 11.1 Å². The zero-order chi connectivity index (χ0) is 17.4. The third-order valence-electron chi connectivity index (χ3n) is 4.18. The minimum Gasteiger partial charge on any atom is -0.277 e. The quantitative estimate of drug-likeness (QED) is 0.476. The van der Waals surface area contributed by atoms with Crippen molar-refractivity contribution in [1.29, 1.82) is 0 Å². The summed E-state index contributed by atoms with van der Waals surface area (Å²) in [4.78, 5) is 0. The van der Waals surface area contributed by atoms with Gasteiger partial charge >= 0.3 is 6.18 Å². The second-order valence-corrected chi connectivity index (χ2v) is 5.71. The van der Waals surface area contributed by atoms with Crippen molar-refractivity contribution >= 4 is 11.4 Å². The number of hydrogen-bond donors (Lipinski definition) is 1. The SMILES string of the molecule is FC(F)(F)c1ccccc1NN=C1c2ccccc2-c2ccccc21. The minimum atomic E-state index is -4.44. The molecule has 0 fully saturated rings. The summed E-state index contributed by atoms with van der Waals surface area (Å²) in [7, 11) is 0. The van der Waals surface area contributed by atoms with Crippen LogP contribution in [-0.2, 0) is 6.18 Å². The first kappa shape index (κ1) is 15.4. The molecule has 0 radical (unpaired) electrons. The minimum absolute atomic E-state index is 0.0654. The van der Waals surface area contributed by atoms with Crippen molar-refractivity contribution in [3.05, 3.63) is 89.5 Å². The fourth-order valence-electron chi connectivity index (χ4n) is 3.06. The van der Waals surface area contributed by atoms with Crippen LogP contribution in [0.25, 0.3) is 11.1 Å². The maximum absolute atomic E-state index is 13.1. The Morgan fingerprint density at radius 1 is 0.640 bits per heavy atom. The van der Waals surface area contributed by atoms with Gasteiger partial charge in [-0.1, -0.05) is 60.7 Å². The van der Waals surface area contributed by atoms with Gasteiger partial charge in [0.25, 0.3) is 0 Å². The Morgan fingerprint density at radius 2 is 1.12 bits per heavy atom. The Morgan fingerprint density at radius 3 is 1.68 bits per heavy atom. The van der Waals surface area contributed by atoms with Gasteiger partial charge in [0, 0.05) is 11.1 Å². The van der Waals surface area contributed by atoms with Gasteiger partial charge in [0.05, 0.1) is 17.0 Å². The molecule has 0 heterocycles. The van der Waals surface area contributed by atoms with Crippen molar-refractivity contribution in [1.82, 2.24) is 0 Å². The van der Waals surface area contributed by atoms with Gasteiger partial charge in [0.1, 0.15) is 0 Å². The number of fused-ring (bicyclic) bond motifs is 3. The van der Waals surface area contributed by atoms with Crippen LogP contribution >= 0.6 is 0 Å². The Kier molecular flexibility index (Phi) is 3.57. The molecule has 3 aromatic carbocycles. The maximum Gasteiger partial charge on any atom is 0.418 e. The molecule has 0 spiro atoms. The molecule has 1 N–H and O–H groups in total. The second kappa shape index (κ2) is 5.77. The number of benzene rings is 3. The molecule has 0 unspecified atom stereocenters. The largest absolute Gasteiger partial charge is 0.418 e. The molecule has 4 rings (SSSR count). The van der Waals surface area contributed by atoms with Gasteiger partial charge in [-0.2, -0.15) is 18.3 Å². The van der Waals surface area contributed by atoms with Crippen molar-refractivity contribution in [2.45, 2.75) is 6.18 Å². The zero-order valence-electron chi connectivity index (χ0n) is 13.0. The van der Waals surface area contributed by atoms with Crippen LogP contribution in [0.5, 0.6) is 0 Å². The lowest BCUT2D eigenvalue weighted by Crippen LogP contribution is -2.10. The summed E-state index contributed by atoms with van der Waals surface area (Å²) >= 11 is 0. The first-order chi connectivity index (χ1) is 12.1. The number of para-hydroxylation sites is 1. The maximum atomic E-state index is 13.1. The van der Waals surface area contributed by atoms with E-state index in [0.29, 0.717) is 5.71 Å². The Labute approximate surface area is 142 Å². The lowest BCUT2D eigenvalue weighted by Gasteiger charge is -2.12. The van der Waals surface area contributed by atoms with Crippen molar-refractivity contribution in [3.63, 3.8) is 0 Å². The average Bonchev–Trinajstić information content (AvgIpc) is 2.93. The zero-order valence-corrected chi connectivity index (χ0v) is 13.0. The molecule has 2 nitrogen and oxygen atoms in total. The van der Waals surface area contributed by atoms with Gasteiger partial charge in [-0.3, -0.25) is 5.43 Å². The molecule has 1 aliphatic carbocycles. The summed E-state index contributed by atoms with van der Waals surface area (Å²) in [6, 6.07) is 20.8. The number of hydrogen-bond acceptors (Lipinski definition) is 2. The number of anilines is 1. The van der Waals surface area contributed by atoms with Gasteiger partial charge in [-0.25, -0.2) is 0 Å². The molecule has 1 aliphatic rings. The van der Waals surface area contributed by atoms with E-state index >= 15 is 0 Å². The van der Waals surface area contributed by atoms with Gasteiger partial charge < -0.3 is 0 Å². The first-order valence-electron chi connectivity index (χ1n) is 7.75. The van der Waals surface area contributed by atoms with Crippen molar-refractivity contribution in [2.24, 2.45) is 5.10 Å². The molecule has 0 aliphatic heterocycles. The summed E-state index contributed by atoms with van der Waals surface area (Å²) in [5.74, 6) is 0. The highest BCUT2D eigenvalue weighted by atomic mass is 19.4. The number of nitrogens with one attached hydrogen (secondary N) is 1. The number of halogens is 3. The van der Waals surface area contributed by atoms with Crippen LogP contribution in [0.3, 0.4) is 0 Å². The molecule has 0 amide bonds. The lowest BCUT2D eigenvalue weighted by molar-refractivity contribution is -0.136. The smallest absolute Gasteiger partial charge is 0.277 e. The fourth-order valence-corrected chi connectivity index (χ4v) is 3.06. The van der Waals surface area contributed by atoms with E-state index in [1.54, 1.807) is 6.07 Å². The van der Waals surface area contributed by atoms with Gasteiger partial charge in [0.2, 0.25) is 0 Å². The number of hydrazone groups is 1. The van der Waals surface area contributed by atoms with E-state index in [-0.39, 0.29) is 5.69 Å². The third-order valence-corrected chi connectivity index (χ3v) is 4.18. The molecule has 25 heavy (non-hydrogen) atoms. The van der Waals surface area contributed by atoms with E-state index in [1.165, 1.54) is 12.1 Å². The van der Waals surface area contributed by atoms with Crippen LogP contribution < -0.4 is 5.43 Å². The fraction of sp³-hybridized carbons (Fsp3) is 0.0500. The molecular formula is C20H13F3N2. The number of nitrogens with zero attached hydrogens (tertiary/aromatic N) is 1. The van der Waals surface area contributed by atoms with E-state index in [4.69, 9.17) is 0 Å². The normalized spacial score (nSPS) is 12.5. The molecule has 0 atom stereocenters. The predicted molar refractivity (Wildman–Crippen MR) is 92.6 cm³/mol. The highest BCUT2D eigenvalue weighted by Gasteiger charge is 2.33. The van der Waals surface area contributed by atoms with E-state index in [2.05, 4.69) is 10.5 Å². The van der Waals surface area contributed by atoms with Crippen LogP contribution in [0.2, 0.25) is 0 Å². The summed E-state index contributed by atoms with van der Waals surface area (Å²) in [6.07, 6.45) is -4.44. The van der Waals surface area contributed by atoms with Crippen molar-refractivity contribution in [2.75, 3.05) is 5.43 Å². The molecule has 0 saturated heterocycles. The van der Waals surface area contributed by atoms with Gasteiger partial charge in [0.15, 0.2) is 0 Å². The van der Waals surface area contributed by atoms with E-state index < -0.39 is 11.7 Å². The summed E-state index contributed by atoms with van der Waals surface area (Å²) in [6.45, 7) is 0. The average molecular weight is 338 g/mol. The molecule has 3 aromatic rings. The Bertz CT molecular complexity index is 927. The molecule has 0 aromatic heterocycles. The summed E-state index contributed by atoms with van der Waals surface area (Å²) in [5.41, 5.74) is 6.32. The van der Waals surface area contributed by atoms with Crippen molar-refractivity contribution < 1.29 is 13.2 Å². The Hall–Kier alpha value is -3.08. The standard InChI is InChI=1S/C20H13F3N2/c21-20(22,23)17-11-5-6-12-18(17)24-25-19-15-9-3-1-7-13(15)14-8-2-4-10-16(14)19/h1-12,24H. The van der Waals surface area contributed by atoms with Crippen LogP contribution in [-0.4, -0.2) is 5.71 Å². The lowest BCUT2D eigenvalue weighted by atomic mass is 10.1. The van der Waals surface area contributed by atoms with Crippen LogP contribution in [0, 0.1) is 0 Å². The van der Waals surface area contributed by atoms with E-state index in [9.17, 15) is 13.2 Å². The Balaban J connectivity index is 1.79. The molecular weight excluding hydrogens is 325 g/mol. The molecule has 0 saturated carbocycles. The third kappa shape index (κ3) is 2.67. The van der Waals surface area contributed by atoms with E-state index in [0.717, 1.165) is 28.3 Å². The van der Waals surface area contributed by atoms with Crippen LogP contribution in [0.15, 0.2) is 77.9 Å². The molecule has 0 bridgehead atoms. The summed E-state index contributed by atoms with van der Waals surface area (Å²) < 4.78 is 39.4. The highest BCUT2D eigenvalue weighted by molar-refractivity contribution is 6.24. The topological polar surface area (TPSA) is 24.4 Å². The first-order valence-corrected chi connectivity index (χ1v) is 7.75. The van der Waals surface area contributed by atoms with Crippen LogP contribution in [0.4, 0.5) is 18.9 Å². The monoisotopic (exact) mass is 338 g/mol. The number of alkyl halides is 3. The number of rotatable bonds is 2. The predicted octanol–water partition coefficient (Wildman–Crippen LogP) is 5.55. The van der Waals surface area contributed by atoms with Gasteiger partial charge in [-0.05, 0) is 23.3 Å². The molecule has 5 heteroatoms. The second-order valence-electron chi connectivity index (χ2n) is 5.71. The van der Waals surface area contributed by atoms with E-state index in [1.807, 2.05) is 48.5 Å². The summed E-state index contributed by atoms with van der Waals surface area (Å²) in [5, 5.41) is 4.32. The van der Waals surface area contributed by atoms with Gasteiger partial charge in [-0.15, -0.1) is 0 Å². The molecule has 124 valence electrons. The van der Waals surface area contributed by atoms with Crippen LogP contribution in [0.1, 0.15) is 16.7 Å².